The lowest BCUT2D eigenvalue weighted by Crippen LogP contribution is -2.10. The number of hydrogen-bond acceptors (Lipinski definition) is 7. The Bertz CT molecular complexity index is 1000. The summed E-state index contributed by atoms with van der Waals surface area (Å²) in [6, 6.07) is 12.9. The van der Waals surface area contributed by atoms with Crippen LogP contribution in [0.25, 0.3) is 6.08 Å². The summed E-state index contributed by atoms with van der Waals surface area (Å²) >= 11 is 1.20. The van der Waals surface area contributed by atoms with Crippen LogP contribution in [-0.2, 0) is 9.53 Å². The molecule has 0 radical (unpaired) electrons. The van der Waals surface area contributed by atoms with E-state index in [4.69, 9.17) is 14.2 Å². The molecule has 7 heteroatoms. The Morgan fingerprint density at radius 3 is 2.21 bits per heavy atom. The van der Waals surface area contributed by atoms with E-state index in [1.165, 1.54) is 18.9 Å². The zero-order chi connectivity index (χ0) is 21.0. The summed E-state index contributed by atoms with van der Waals surface area (Å²) in [6.07, 6.45) is 1.74. The van der Waals surface area contributed by atoms with Crippen molar-refractivity contribution in [1.82, 2.24) is 0 Å². The lowest BCUT2D eigenvalue weighted by atomic mass is 10.1. The van der Waals surface area contributed by atoms with Gasteiger partial charge in [0, 0.05) is 6.07 Å². The maximum absolute atomic E-state index is 12.3. The van der Waals surface area contributed by atoms with Gasteiger partial charge in [0.25, 0.3) is 0 Å². The second kappa shape index (κ2) is 8.87. The van der Waals surface area contributed by atoms with Gasteiger partial charge in [0.15, 0.2) is 0 Å². The molecule has 0 aromatic heterocycles. The molecule has 0 aliphatic carbocycles. The zero-order valence-corrected chi connectivity index (χ0v) is 17.4. The molecule has 29 heavy (non-hydrogen) atoms. The van der Waals surface area contributed by atoms with Gasteiger partial charge in [-0.1, -0.05) is 29.5 Å². The molecule has 0 bridgehead atoms. The highest BCUT2D eigenvalue weighted by molar-refractivity contribution is 8.18. The van der Waals surface area contributed by atoms with Crippen LogP contribution in [0.4, 0.5) is 5.69 Å². The van der Waals surface area contributed by atoms with Gasteiger partial charge in [-0.05, 0) is 42.8 Å². The van der Waals surface area contributed by atoms with Crippen molar-refractivity contribution < 1.29 is 24.1 Å². The molecule has 1 N–H and O–H groups in total. The SMILES string of the molecule is COC(=O)C1=C(O)C(=Cc2cc(OC)cc(OC)c2)SC1=Nc1ccc(C)cc1. The monoisotopic (exact) mass is 411 g/mol. The summed E-state index contributed by atoms with van der Waals surface area (Å²) in [6.45, 7) is 1.98. The molecule has 2 aromatic rings. The minimum absolute atomic E-state index is 0.0409. The smallest absolute Gasteiger partial charge is 0.344 e. The highest BCUT2D eigenvalue weighted by Crippen LogP contribution is 2.40. The molecule has 2 aromatic carbocycles. The van der Waals surface area contributed by atoms with E-state index in [9.17, 15) is 9.90 Å². The third-order valence-corrected chi connectivity index (χ3v) is 5.24. The van der Waals surface area contributed by atoms with Crippen molar-refractivity contribution >= 4 is 34.5 Å². The first-order valence-electron chi connectivity index (χ1n) is 8.75. The molecule has 0 fully saturated rings. The maximum Gasteiger partial charge on any atom is 0.344 e. The average Bonchev–Trinajstić information content (AvgIpc) is 3.03. The number of hydrogen-bond donors (Lipinski definition) is 1. The first kappa shape index (κ1) is 20.5. The fourth-order valence-corrected chi connectivity index (χ4v) is 3.73. The maximum atomic E-state index is 12.3. The van der Waals surface area contributed by atoms with Crippen LogP contribution in [0.3, 0.4) is 0 Å². The molecule has 150 valence electrons. The molecular weight excluding hydrogens is 390 g/mol. The van der Waals surface area contributed by atoms with Crippen LogP contribution in [0.5, 0.6) is 11.5 Å². The third kappa shape index (κ3) is 4.63. The number of esters is 1. The normalized spacial score (nSPS) is 16.4. The van der Waals surface area contributed by atoms with Gasteiger partial charge in [-0.15, -0.1) is 0 Å². The average molecular weight is 411 g/mol. The number of carbonyl (C=O) groups is 1. The Morgan fingerprint density at radius 1 is 1.03 bits per heavy atom. The summed E-state index contributed by atoms with van der Waals surface area (Å²) in [5, 5.41) is 11.1. The van der Waals surface area contributed by atoms with Crippen LogP contribution < -0.4 is 9.47 Å². The van der Waals surface area contributed by atoms with Crippen LogP contribution in [0.1, 0.15) is 11.1 Å². The van der Waals surface area contributed by atoms with Crippen LogP contribution >= 0.6 is 11.8 Å². The van der Waals surface area contributed by atoms with Crippen molar-refractivity contribution in [1.29, 1.82) is 0 Å². The molecule has 1 aliphatic heterocycles. The van der Waals surface area contributed by atoms with Crippen LogP contribution in [0, 0.1) is 6.92 Å². The Kier molecular flexibility index (Phi) is 6.29. The van der Waals surface area contributed by atoms with Gasteiger partial charge < -0.3 is 19.3 Å². The summed E-state index contributed by atoms with van der Waals surface area (Å²) in [4.78, 5) is 17.3. The fourth-order valence-electron chi connectivity index (χ4n) is 2.69. The predicted octanol–water partition coefficient (Wildman–Crippen LogP) is 4.82. The minimum Gasteiger partial charge on any atom is -0.506 e. The van der Waals surface area contributed by atoms with E-state index in [1.54, 1.807) is 38.5 Å². The van der Waals surface area contributed by atoms with E-state index in [2.05, 4.69) is 4.99 Å². The Morgan fingerprint density at radius 2 is 1.66 bits per heavy atom. The number of aliphatic hydroxyl groups excluding tert-OH is 1. The standard InChI is InChI=1S/C22H21NO5S/c1-13-5-7-15(8-6-13)23-21-19(22(25)28-4)20(24)18(29-21)11-14-9-16(26-2)12-17(10-14)27-3/h5-12,24H,1-4H3. The van der Waals surface area contributed by atoms with Crippen LogP contribution in [0.15, 0.2) is 63.7 Å². The molecule has 0 saturated carbocycles. The van der Waals surface area contributed by atoms with E-state index in [0.717, 1.165) is 11.1 Å². The van der Waals surface area contributed by atoms with Gasteiger partial charge in [0.1, 0.15) is 27.9 Å². The number of carbonyl (C=O) groups excluding carboxylic acids is 1. The van der Waals surface area contributed by atoms with E-state index in [0.29, 0.717) is 27.1 Å². The second-order valence-corrected chi connectivity index (χ2v) is 7.25. The quantitative estimate of drug-likeness (QED) is 0.711. The number of thioether (sulfide) groups is 1. The zero-order valence-electron chi connectivity index (χ0n) is 16.6. The first-order valence-corrected chi connectivity index (χ1v) is 9.57. The number of ether oxygens (including phenoxy) is 3. The summed E-state index contributed by atoms with van der Waals surface area (Å²) in [5.74, 6) is 0.413. The van der Waals surface area contributed by atoms with Gasteiger partial charge in [-0.25, -0.2) is 9.79 Å². The van der Waals surface area contributed by atoms with Gasteiger partial charge in [-0.3, -0.25) is 0 Å². The minimum atomic E-state index is -0.646. The Hall–Kier alpha value is -3.19. The number of aliphatic hydroxyl groups is 1. The Balaban J connectivity index is 2.05. The molecule has 0 spiro atoms. The largest absolute Gasteiger partial charge is 0.506 e. The first-order chi connectivity index (χ1) is 13.9. The summed E-state index contributed by atoms with van der Waals surface area (Å²) in [7, 11) is 4.40. The van der Waals surface area contributed by atoms with Crippen LogP contribution in [-0.4, -0.2) is 37.4 Å². The van der Waals surface area contributed by atoms with Gasteiger partial charge in [0.2, 0.25) is 0 Å². The molecular formula is C22H21NO5S. The molecule has 6 nitrogen and oxygen atoms in total. The van der Waals surface area contributed by atoms with Crippen molar-refractivity contribution in [2.45, 2.75) is 6.92 Å². The van der Waals surface area contributed by atoms with Crippen molar-refractivity contribution in [3.8, 4) is 11.5 Å². The van der Waals surface area contributed by atoms with Crippen LogP contribution in [0.2, 0.25) is 0 Å². The van der Waals surface area contributed by atoms with E-state index in [1.807, 2.05) is 31.2 Å². The van der Waals surface area contributed by atoms with Crippen molar-refractivity contribution in [3.05, 3.63) is 69.8 Å². The highest BCUT2D eigenvalue weighted by Gasteiger charge is 2.33. The fraction of sp³-hybridized carbons (Fsp3) is 0.182. The molecule has 1 aliphatic rings. The summed E-state index contributed by atoms with van der Waals surface area (Å²) < 4.78 is 15.4. The van der Waals surface area contributed by atoms with Crippen molar-refractivity contribution in [2.75, 3.05) is 21.3 Å². The highest BCUT2D eigenvalue weighted by atomic mass is 32.2. The molecule has 3 rings (SSSR count). The number of aryl methyl sites for hydroxylation is 1. The third-order valence-electron chi connectivity index (χ3n) is 4.22. The number of aliphatic imine (C=N–C) groups is 1. The van der Waals surface area contributed by atoms with Crippen molar-refractivity contribution in [2.24, 2.45) is 4.99 Å². The van der Waals surface area contributed by atoms with Gasteiger partial charge >= 0.3 is 5.97 Å². The second-order valence-electron chi connectivity index (χ2n) is 6.22. The van der Waals surface area contributed by atoms with E-state index in [-0.39, 0.29) is 11.3 Å². The van der Waals surface area contributed by atoms with E-state index >= 15 is 0 Å². The summed E-state index contributed by atoms with van der Waals surface area (Å²) in [5.41, 5.74) is 2.57. The van der Waals surface area contributed by atoms with Crippen molar-refractivity contribution in [3.63, 3.8) is 0 Å². The molecule has 1 heterocycles. The molecule has 0 unspecified atom stereocenters. The van der Waals surface area contributed by atoms with E-state index < -0.39 is 5.97 Å². The number of nitrogens with zero attached hydrogens (tertiary/aromatic N) is 1. The van der Waals surface area contributed by atoms with Gasteiger partial charge in [-0.2, -0.15) is 0 Å². The topological polar surface area (TPSA) is 77.4 Å². The number of benzene rings is 2. The Labute approximate surface area is 173 Å². The predicted molar refractivity (Wildman–Crippen MR) is 115 cm³/mol. The molecule has 0 atom stereocenters. The molecule has 0 amide bonds. The lowest BCUT2D eigenvalue weighted by Gasteiger charge is -2.06. The molecule has 0 saturated heterocycles. The number of rotatable bonds is 5. The van der Waals surface area contributed by atoms with Gasteiger partial charge in [0.05, 0.1) is 31.9 Å². The lowest BCUT2D eigenvalue weighted by molar-refractivity contribution is -0.135. The number of methoxy groups -OCH3 is 3.